The Morgan fingerprint density at radius 3 is 2.93 bits per heavy atom. The van der Waals surface area contributed by atoms with Gasteiger partial charge in [-0.25, -0.2) is 0 Å². The smallest absolute Gasteiger partial charge is 0.252 e. The number of nitrogens with one attached hydrogen (secondary N) is 1. The van der Waals surface area contributed by atoms with E-state index in [1.54, 1.807) is 11.3 Å². The Morgan fingerprint density at radius 1 is 1.60 bits per heavy atom. The highest BCUT2D eigenvalue weighted by Crippen LogP contribution is 2.19. The molecule has 0 aromatic carbocycles. The van der Waals surface area contributed by atoms with Crippen LogP contribution in [0.2, 0.25) is 0 Å². The summed E-state index contributed by atoms with van der Waals surface area (Å²) in [5.74, 6) is 0.109. The molecule has 0 unspecified atom stereocenters. The lowest BCUT2D eigenvalue weighted by molar-refractivity contribution is 0.0938. The fourth-order valence-corrected chi connectivity index (χ4v) is 2.84. The lowest BCUT2D eigenvalue weighted by Gasteiger charge is -2.10. The Morgan fingerprint density at radius 2 is 2.33 bits per heavy atom. The molecular weight excluding hydrogens is 206 g/mol. The standard InChI is InChI=1S/C12H17NOS.H2/c1-2-11-7-9(8-15-11)12(14)13-10-5-3-4-6-10;/h7-8,10H,2-6H2,1H3,(H,13,14);1H. The van der Waals surface area contributed by atoms with Crippen LogP contribution >= 0.6 is 11.3 Å². The second-order valence-corrected chi connectivity index (χ2v) is 5.11. The molecule has 1 aliphatic carbocycles. The summed E-state index contributed by atoms with van der Waals surface area (Å²) in [6, 6.07) is 2.43. The van der Waals surface area contributed by atoms with Crippen LogP contribution in [-0.4, -0.2) is 11.9 Å². The van der Waals surface area contributed by atoms with Crippen LogP contribution in [0.25, 0.3) is 0 Å². The molecule has 1 saturated carbocycles. The van der Waals surface area contributed by atoms with Crippen molar-refractivity contribution in [3.05, 3.63) is 21.9 Å². The molecule has 2 nitrogen and oxygen atoms in total. The van der Waals surface area contributed by atoms with Crippen LogP contribution in [0, 0.1) is 0 Å². The largest absolute Gasteiger partial charge is 0.349 e. The van der Waals surface area contributed by atoms with Crippen molar-refractivity contribution >= 4 is 17.2 Å². The van der Waals surface area contributed by atoms with E-state index in [0.717, 1.165) is 24.8 Å². The molecule has 0 atom stereocenters. The van der Waals surface area contributed by atoms with Gasteiger partial charge in [-0.3, -0.25) is 4.79 Å². The quantitative estimate of drug-likeness (QED) is 0.840. The highest BCUT2D eigenvalue weighted by Gasteiger charge is 2.18. The van der Waals surface area contributed by atoms with E-state index in [-0.39, 0.29) is 7.33 Å². The molecule has 3 heteroatoms. The summed E-state index contributed by atoms with van der Waals surface area (Å²) in [6.07, 6.45) is 5.83. The number of aryl methyl sites for hydroxylation is 1. The molecule has 1 amide bonds. The summed E-state index contributed by atoms with van der Waals surface area (Å²) < 4.78 is 0. The van der Waals surface area contributed by atoms with E-state index < -0.39 is 0 Å². The zero-order valence-corrected chi connectivity index (χ0v) is 9.90. The third-order valence-electron chi connectivity index (χ3n) is 2.95. The van der Waals surface area contributed by atoms with Gasteiger partial charge in [0.2, 0.25) is 0 Å². The Bertz CT molecular complexity index is 345. The molecule has 15 heavy (non-hydrogen) atoms. The molecule has 0 aliphatic heterocycles. The first-order chi connectivity index (χ1) is 7.29. The molecule has 84 valence electrons. The van der Waals surface area contributed by atoms with E-state index in [1.807, 2.05) is 11.4 Å². The van der Waals surface area contributed by atoms with Crippen LogP contribution in [0.5, 0.6) is 0 Å². The fraction of sp³-hybridized carbons (Fsp3) is 0.583. The van der Waals surface area contributed by atoms with Gasteiger partial charge >= 0.3 is 0 Å². The van der Waals surface area contributed by atoms with Crippen molar-refractivity contribution in [3.63, 3.8) is 0 Å². The molecule has 0 spiro atoms. The summed E-state index contributed by atoms with van der Waals surface area (Å²) in [5.41, 5.74) is 0.837. The highest BCUT2D eigenvalue weighted by molar-refractivity contribution is 7.10. The van der Waals surface area contributed by atoms with Gasteiger partial charge in [0, 0.05) is 17.7 Å². The number of thiophene rings is 1. The highest BCUT2D eigenvalue weighted by atomic mass is 32.1. The number of carbonyl (C=O) groups is 1. The van der Waals surface area contributed by atoms with E-state index in [0.29, 0.717) is 6.04 Å². The van der Waals surface area contributed by atoms with Crippen LogP contribution in [-0.2, 0) is 6.42 Å². The van der Waals surface area contributed by atoms with E-state index in [1.165, 1.54) is 17.7 Å². The van der Waals surface area contributed by atoms with E-state index in [9.17, 15) is 4.79 Å². The average molecular weight is 225 g/mol. The van der Waals surface area contributed by atoms with Gasteiger partial charge in [-0.15, -0.1) is 11.3 Å². The van der Waals surface area contributed by atoms with Gasteiger partial charge in [0.1, 0.15) is 0 Å². The molecular formula is C12H19NOS. The van der Waals surface area contributed by atoms with Crippen molar-refractivity contribution in [3.8, 4) is 0 Å². The lowest BCUT2D eigenvalue weighted by atomic mass is 10.2. The van der Waals surface area contributed by atoms with Gasteiger partial charge in [-0.05, 0) is 25.3 Å². The Labute approximate surface area is 96.2 Å². The van der Waals surface area contributed by atoms with Crippen LogP contribution < -0.4 is 5.32 Å². The van der Waals surface area contributed by atoms with Crippen molar-refractivity contribution in [2.24, 2.45) is 0 Å². The maximum Gasteiger partial charge on any atom is 0.252 e. The van der Waals surface area contributed by atoms with E-state index in [2.05, 4.69) is 12.2 Å². The van der Waals surface area contributed by atoms with Gasteiger partial charge in [0.05, 0.1) is 5.56 Å². The average Bonchev–Trinajstić information content (AvgIpc) is 2.86. The number of rotatable bonds is 3. The molecule has 1 N–H and O–H groups in total. The fourth-order valence-electron chi connectivity index (χ4n) is 2.02. The monoisotopic (exact) mass is 225 g/mol. The summed E-state index contributed by atoms with van der Waals surface area (Å²) in [4.78, 5) is 13.1. The van der Waals surface area contributed by atoms with Gasteiger partial charge < -0.3 is 5.32 Å². The van der Waals surface area contributed by atoms with Crippen molar-refractivity contribution < 1.29 is 6.22 Å². The Balaban J connectivity index is 0.00000128. The normalized spacial score (nSPS) is 16.9. The van der Waals surface area contributed by atoms with Crippen LogP contribution in [0.15, 0.2) is 11.4 Å². The summed E-state index contributed by atoms with van der Waals surface area (Å²) in [5, 5.41) is 5.06. The van der Waals surface area contributed by atoms with Gasteiger partial charge in [0.25, 0.3) is 5.91 Å². The summed E-state index contributed by atoms with van der Waals surface area (Å²) in [6.45, 7) is 2.12. The SMILES string of the molecule is CCc1cc(C(=O)NC2CCCC2)cs1.[HH]. The minimum absolute atomic E-state index is 0. The van der Waals surface area contributed by atoms with Crippen molar-refractivity contribution in [1.29, 1.82) is 0 Å². The first-order valence-electron chi connectivity index (χ1n) is 5.68. The molecule has 1 fully saturated rings. The number of hydrogen-bond donors (Lipinski definition) is 1. The predicted octanol–water partition coefficient (Wildman–Crippen LogP) is 3.23. The van der Waals surface area contributed by atoms with Crippen LogP contribution in [0.4, 0.5) is 0 Å². The van der Waals surface area contributed by atoms with Gasteiger partial charge in [-0.2, -0.15) is 0 Å². The summed E-state index contributed by atoms with van der Waals surface area (Å²) >= 11 is 1.67. The second-order valence-electron chi connectivity index (χ2n) is 4.11. The molecule has 0 saturated heterocycles. The molecule has 1 aromatic heterocycles. The molecule has 0 bridgehead atoms. The summed E-state index contributed by atoms with van der Waals surface area (Å²) in [7, 11) is 0. The van der Waals surface area contributed by atoms with E-state index >= 15 is 0 Å². The zero-order valence-electron chi connectivity index (χ0n) is 9.08. The van der Waals surface area contributed by atoms with Crippen LogP contribution in [0.3, 0.4) is 0 Å². The Kier molecular flexibility index (Phi) is 3.41. The van der Waals surface area contributed by atoms with Crippen molar-refractivity contribution in [2.75, 3.05) is 0 Å². The maximum atomic E-state index is 11.8. The van der Waals surface area contributed by atoms with Gasteiger partial charge in [-0.1, -0.05) is 19.8 Å². The lowest BCUT2D eigenvalue weighted by Crippen LogP contribution is -2.32. The topological polar surface area (TPSA) is 29.1 Å². The van der Waals surface area contributed by atoms with Crippen LogP contribution in [0.1, 0.15) is 49.3 Å². The third-order valence-corrected chi connectivity index (χ3v) is 4.04. The Hall–Kier alpha value is -0.830. The molecule has 1 aromatic rings. The van der Waals surface area contributed by atoms with Gasteiger partial charge in [0.15, 0.2) is 0 Å². The molecule has 1 heterocycles. The number of hydrogen-bond acceptors (Lipinski definition) is 2. The van der Waals surface area contributed by atoms with E-state index in [4.69, 9.17) is 0 Å². The molecule has 2 rings (SSSR count). The first-order valence-corrected chi connectivity index (χ1v) is 6.56. The number of carbonyl (C=O) groups excluding carboxylic acids is 1. The molecule has 1 aliphatic rings. The predicted molar refractivity (Wildman–Crippen MR) is 65.5 cm³/mol. The first kappa shape index (κ1) is 10.7. The minimum atomic E-state index is 0. The minimum Gasteiger partial charge on any atom is -0.349 e. The third kappa shape index (κ3) is 2.59. The molecule has 0 radical (unpaired) electrons. The second kappa shape index (κ2) is 4.79. The van der Waals surface area contributed by atoms with Crippen molar-refractivity contribution in [2.45, 2.75) is 45.1 Å². The maximum absolute atomic E-state index is 11.8. The van der Waals surface area contributed by atoms with Crippen molar-refractivity contribution in [1.82, 2.24) is 5.32 Å². The zero-order chi connectivity index (χ0) is 10.7. The number of amides is 1.